The van der Waals surface area contributed by atoms with E-state index in [0.29, 0.717) is 6.54 Å². The van der Waals surface area contributed by atoms with Gasteiger partial charge in [-0.3, -0.25) is 4.68 Å². The van der Waals surface area contributed by atoms with Crippen molar-refractivity contribution in [1.82, 2.24) is 14.7 Å². The topological polar surface area (TPSA) is 21.1 Å². The van der Waals surface area contributed by atoms with Crippen LogP contribution < -0.4 is 0 Å². The van der Waals surface area contributed by atoms with Crippen LogP contribution in [0.2, 0.25) is 0 Å². The summed E-state index contributed by atoms with van der Waals surface area (Å²) in [5, 5.41) is 4.17. The Bertz CT molecular complexity index is 310. The molecule has 0 saturated carbocycles. The molecule has 1 aromatic rings. The SMILES string of the molecule is Cc1ccnn1C1CCN(C)CC1F. The fraction of sp³-hybridized carbons (Fsp3) is 0.700. The standard InChI is InChI=1S/C10H16FN3/c1-8-3-5-12-14(8)10-4-6-13(2)7-9(10)11/h3,5,9-10H,4,6-7H2,1-2H3. The zero-order chi connectivity index (χ0) is 10.1. The van der Waals surface area contributed by atoms with Crippen molar-refractivity contribution in [3.05, 3.63) is 18.0 Å². The summed E-state index contributed by atoms with van der Waals surface area (Å²) in [6.07, 6.45) is 1.79. The van der Waals surface area contributed by atoms with Crippen molar-refractivity contribution >= 4 is 0 Å². The highest BCUT2D eigenvalue weighted by atomic mass is 19.1. The summed E-state index contributed by atoms with van der Waals surface area (Å²) in [4.78, 5) is 2.03. The first-order valence-corrected chi connectivity index (χ1v) is 5.01. The van der Waals surface area contributed by atoms with E-state index in [2.05, 4.69) is 5.10 Å². The van der Waals surface area contributed by atoms with E-state index >= 15 is 0 Å². The molecule has 78 valence electrons. The number of piperidine rings is 1. The highest BCUT2D eigenvalue weighted by Gasteiger charge is 2.29. The molecule has 0 aliphatic carbocycles. The Morgan fingerprint density at radius 3 is 2.93 bits per heavy atom. The van der Waals surface area contributed by atoms with Crippen LogP contribution in [0.25, 0.3) is 0 Å². The molecule has 1 aromatic heterocycles. The Hall–Kier alpha value is -0.900. The van der Waals surface area contributed by atoms with E-state index < -0.39 is 6.17 Å². The number of alkyl halides is 1. The number of halogens is 1. The molecular formula is C10H16FN3. The van der Waals surface area contributed by atoms with Gasteiger partial charge in [0, 0.05) is 25.0 Å². The lowest BCUT2D eigenvalue weighted by atomic mass is 10.0. The van der Waals surface area contributed by atoms with Crippen LogP contribution in [0.4, 0.5) is 4.39 Å². The van der Waals surface area contributed by atoms with Gasteiger partial charge in [0.05, 0.1) is 6.04 Å². The Morgan fingerprint density at radius 1 is 1.57 bits per heavy atom. The van der Waals surface area contributed by atoms with Crippen molar-refractivity contribution in [2.75, 3.05) is 20.1 Å². The van der Waals surface area contributed by atoms with Crippen molar-refractivity contribution in [1.29, 1.82) is 0 Å². The van der Waals surface area contributed by atoms with Crippen molar-refractivity contribution in [2.45, 2.75) is 25.6 Å². The maximum Gasteiger partial charge on any atom is 0.135 e. The Kier molecular flexibility index (Phi) is 2.54. The fourth-order valence-corrected chi connectivity index (χ4v) is 2.05. The van der Waals surface area contributed by atoms with E-state index in [0.717, 1.165) is 18.7 Å². The van der Waals surface area contributed by atoms with Gasteiger partial charge >= 0.3 is 0 Å². The van der Waals surface area contributed by atoms with Gasteiger partial charge in [-0.25, -0.2) is 4.39 Å². The molecule has 0 spiro atoms. The number of aromatic nitrogens is 2. The normalized spacial score (nSPS) is 29.4. The Labute approximate surface area is 83.5 Å². The summed E-state index contributed by atoms with van der Waals surface area (Å²) in [6, 6.07) is 1.85. The van der Waals surface area contributed by atoms with Crippen LogP contribution in [0.5, 0.6) is 0 Å². The van der Waals surface area contributed by atoms with E-state index in [4.69, 9.17) is 0 Å². The molecule has 1 aliphatic rings. The van der Waals surface area contributed by atoms with Gasteiger partial charge < -0.3 is 4.90 Å². The van der Waals surface area contributed by atoms with Gasteiger partial charge in [-0.15, -0.1) is 0 Å². The Morgan fingerprint density at radius 2 is 2.36 bits per heavy atom. The molecule has 0 amide bonds. The molecule has 2 rings (SSSR count). The minimum Gasteiger partial charge on any atom is -0.303 e. The number of aryl methyl sites for hydroxylation is 1. The lowest BCUT2D eigenvalue weighted by molar-refractivity contribution is 0.0993. The van der Waals surface area contributed by atoms with E-state index in [-0.39, 0.29) is 6.04 Å². The number of nitrogens with zero attached hydrogens (tertiary/aromatic N) is 3. The van der Waals surface area contributed by atoms with Crippen LogP contribution in [-0.2, 0) is 0 Å². The zero-order valence-corrected chi connectivity index (χ0v) is 8.65. The molecule has 3 nitrogen and oxygen atoms in total. The van der Waals surface area contributed by atoms with E-state index in [9.17, 15) is 4.39 Å². The van der Waals surface area contributed by atoms with Crippen LogP contribution >= 0.6 is 0 Å². The van der Waals surface area contributed by atoms with E-state index in [1.807, 2.05) is 29.6 Å². The highest BCUT2D eigenvalue weighted by molar-refractivity contribution is 5.00. The minimum absolute atomic E-state index is 0.0683. The summed E-state index contributed by atoms with van der Waals surface area (Å²) < 4.78 is 15.6. The third-order valence-corrected chi connectivity index (χ3v) is 2.89. The van der Waals surface area contributed by atoms with Gasteiger partial charge in [-0.2, -0.15) is 5.10 Å². The molecular weight excluding hydrogens is 181 g/mol. The first kappa shape index (κ1) is 9.65. The van der Waals surface area contributed by atoms with Crippen molar-refractivity contribution in [2.24, 2.45) is 0 Å². The molecule has 0 bridgehead atoms. The smallest absolute Gasteiger partial charge is 0.135 e. The molecule has 2 atom stereocenters. The van der Waals surface area contributed by atoms with Crippen molar-refractivity contribution < 1.29 is 4.39 Å². The van der Waals surface area contributed by atoms with Gasteiger partial charge in [0.25, 0.3) is 0 Å². The van der Waals surface area contributed by atoms with Crippen LogP contribution in [-0.4, -0.2) is 41.0 Å². The summed E-state index contributed by atoms with van der Waals surface area (Å²) >= 11 is 0. The summed E-state index contributed by atoms with van der Waals surface area (Å²) in [7, 11) is 1.96. The van der Waals surface area contributed by atoms with Crippen LogP contribution in [0, 0.1) is 6.92 Å². The summed E-state index contributed by atoms with van der Waals surface area (Å²) in [5.41, 5.74) is 1.04. The number of hydrogen-bond donors (Lipinski definition) is 0. The molecule has 1 saturated heterocycles. The van der Waals surface area contributed by atoms with Crippen LogP contribution in [0.15, 0.2) is 12.3 Å². The molecule has 1 aliphatic heterocycles. The van der Waals surface area contributed by atoms with Gasteiger partial charge in [-0.05, 0) is 26.5 Å². The second-order valence-corrected chi connectivity index (χ2v) is 4.05. The Balaban J connectivity index is 2.15. The second kappa shape index (κ2) is 3.69. The number of likely N-dealkylation sites (tertiary alicyclic amines) is 1. The van der Waals surface area contributed by atoms with Gasteiger partial charge in [0.15, 0.2) is 0 Å². The summed E-state index contributed by atoms with van der Waals surface area (Å²) in [6.45, 7) is 3.44. The summed E-state index contributed by atoms with van der Waals surface area (Å²) in [5.74, 6) is 0. The molecule has 2 heterocycles. The second-order valence-electron chi connectivity index (χ2n) is 4.05. The average Bonchev–Trinajstić information content (AvgIpc) is 2.52. The molecule has 4 heteroatoms. The predicted molar refractivity (Wildman–Crippen MR) is 53.0 cm³/mol. The first-order chi connectivity index (χ1) is 6.68. The maximum absolute atomic E-state index is 13.7. The van der Waals surface area contributed by atoms with Crippen LogP contribution in [0.1, 0.15) is 18.2 Å². The largest absolute Gasteiger partial charge is 0.303 e. The third-order valence-electron chi connectivity index (χ3n) is 2.89. The lowest BCUT2D eigenvalue weighted by Gasteiger charge is -2.32. The van der Waals surface area contributed by atoms with Crippen molar-refractivity contribution in [3.8, 4) is 0 Å². The highest BCUT2D eigenvalue weighted by Crippen LogP contribution is 2.25. The quantitative estimate of drug-likeness (QED) is 0.678. The maximum atomic E-state index is 13.7. The third kappa shape index (κ3) is 1.66. The van der Waals surface area contributed by atoms with E-state index in [1.165, 1.54) is 0 Å². The monoisotopic (exact) mass is 197 g/mol. The average molecular weight is 197 g/mol. The predicted octanol–water partition coefficient (Wildman–Crippen LogP) is 1.41. The van der Waals surface area contributed by atoms with Crippen LogP contribution in [0.3, 0.4) is 0 Å². The number of rotatable bonds is 1. The zero-order valence-electron chi connectivity index (χ0n) is 8.65. The van der Waals surface area contributed by atoms with E-state index in [1.54, 1.807) is 6.20 Å². The fourth-order valence-electron chi connectivity index (χ4n) is 2.05. The van der Waals surface area contributed by atoms with Gasteiger partial charge in [-0.1, -0.05) is 0 Å². The molecule has 2 unspecified atom stereocenters. The molecule has 14 heavy (non-hydrogen) atoms. The number of hydrogen-bond acceptors (Lipinski definition) is 2. The van der Waals surface area contributed by atoms with Gasteiger partial charge in [0.2, 0.25) is 0 Å². The van der Waals surface area contributed by atoms with Crippen molar-refractivity contribution in [3.63, 3.8) is 0 Å². The molecule has 0 radical (unpaired) electrons. The molecule has 0 aromatic carbocycles. The van der Waals surface area contributed by atoms with Gasteiger partial charge in [0.1, 0.15) is 6.17 Å². The first-order valence-electron chi connectivity index (χ1n) is 5.01. The molecule has 1 fully saturated rings. The molecule has 0 N–H and O–H groups in total. The lowest BCUT2D eigenvalue weighted by Crippen LogP contribution is -2.41. The minimum atomic E-state index is -0.799.